The summed E-state index contributed by atoms with van der Waals surface area (Å²) in [6, 6.07) is 19.0. The zero-order valence-electron chi connectivity index (χ0n) is 21.8. The van der Waals surface area contributed by atoms with Crippen molar-refractivity contribution in [3.8, 4) is 11.5 Å². The van der Waals surface area contributed by atoms with Crippen molar-refractivity contribution >= 4 is 33.2 Å². The summed E-state index contributed by atoms with van der Waals surface area (Å²) in [5.41, 5.74) is 2.49. The van der Waals surface area contributed by atoms with Crippen LogP contribution in [0.1, 0.15) is 30.4 Å². The minimum Gasteiger partial charge on any atom is -0.497 e. The van der Waals surface area contributed by atoms with E-state index in [1.54, 1.807) is 24.3 Å². The summed E-state index contributed by atoms with van der Waals surface area (Å²) in [5, 5.41) is 3.26. The molecule has 10 heteroatoms. The minimum atomic E-state index is -4.01. The lowest BCUT2D eigenvalue weighted by Gasteiger charge is -2.35. The van der Waals surface area contributed by atoms with Crippen molar-refractivity contribution in [2.75, 3.05) is 31.0 Å². The van der Waals surface area contributed by atoms with Gasteiger partial charge in [-0.05, 0) is 79.5 Å². The molecule has 0 saturated carbocycles. The Bertz CT molecular complexity index is 1410. The minimum absolute atomic E-state index is 0.0694. The molecule has 0 unspecified atom stereocenters. The first-order chi connectivity index (χ1) is 18.8. The Balaban J connectivity index is 1.28. The number of benzene rings is 3. The van der Waals surface area contributed by atoms with Crippen LogP contribution in [0.3, 0.4) is 0 Å². The number of methoxy groups -OCH3 is 1. The van der Waals surface area contributed by atoms with E-state index in [-0.39, 0.29) is 22.9 Å². The number of rotatable bonds is 8. The topological polar surface area (TPSA) is 88.2 Å². The molecule has 0 aromatic heterocycles. The molecule has 5 rings (SSSR count). The summed E-state index contributed by atoms with van der Waals surface area (Å²) < 4.78 is 39.5. The molecule has 39 heavy (non-hydrogen) atoms. The lowest BCUT2D eigenvalue weighted by atomic mass is 10.1. The molecule has 1 fully saturated rings. The second-order valence-electron chi connectivity index (χ2n) is 9.80. The number of anilines is 1. The maximum absolute atomic E-state index is 13.6. The Kier molecular flexibility index (Phi) is 8.30. The SMILES string of the molecule is COc1ccc(S(=O)(=O)N2C[C@H](C(=O)NCc3ccc(CN4CCCCC4)cc3)Oc3ccc(Cl)cc32)cc1. The molecular formula is C29H32ClN3O5S. The molecule has 1 N–H and O–H groups in total. The number of likely N-dealkylation sites (tertiary alicyclic amines) is 1. The Morgan fingerprint density at radius 2 is 1.69 bits per heavy atom. The number of sulfonamides is 1. The van der Waals surface area contributed by atoms with Gasteiger partial charge in [-0.1, -0.05) is 42.3 Å². The first kappa shape index (κ1) is 27.3. The van der Waals surface area contributed by atoms with Gasteiger partial charge >= 0.3 is 0 Å². The highest BCUT2D eigenvalue weighted by atomic mass is 35.5. The molecule has 2 aliphatic heterocycles. The summed E-state index contributed by atoms with van der Waals surface area (Å²) in [7, 11) is -2.50. The second-order valence-corrected chi connectivity index (χ2v) is 12.1. The smallest absolute Gasteiger partial charge is 0.264 e. The summed E-state index contributed by atoms with van der Waals surface area (Å²) in [6.07, 6.45) is 2.78. The molecule has 0 radical (unpaired) electrons. The van der Waals surface area contributed by atoms with Crippen LogP contribution in [-0.4, -0.2) is 52.1 Å². The van der Waals surface area contributed by atoms with E-state index in [4.69, 9.17) is 21.1 Å². The molecule has 206 valence electrons. The average Bonchev–Trinajstić information content (AvgIpc) is 2.96. The Morgan fingerprint density at radius 1 is 1.00 bits per heavy atom. The quantitative estimate of drug-likeness (QED) is 0.426. The maximum Gasteiger partial charge on any atom is 0.264 e. The molecule has 0 bridgehead atoms. The summed E-state index contributed by atoms with van der Waals surface area (Å²) in [5.74, 6) is 0.407. The largest absolute Gasteiger partial charge is 0.497 e. The zero-order chi connectivity index (χ0) is 27.4. The number of fused-ring (bicyclic) bond motifs is 1. The fourth-order valence-corrected chi connectivity index (χ4v) is 6.54. The highest BCUT2D eigenvalue weighted by Gasteiger charge is 2.37. The van der Waals surface area contributed by atoms with Gasteiger partial charge in [0, 0.05) is 18.1 Å². The van der Waals surface area contributed by atoms with Crippen LogP contribution < -0.4 is 19.1 Å². The van der Waals surface area contributed by atoms with Crippen LogP contribution in [0.25, 0.3) is 0 Å². The molecule has 8 nitrogen and oxygen atoms in total. The van der Waals surface area contributed by atoms with E-state index in [2.05, 4.69) is 22.3 Å². The van der Waals surface area contributed by atoms with E-state index in [1.165, 1.54) is 54.4 Å². The van der Waals surface area contributed by atoms with Crippen molar-refractivity contribution in [3.05, 3.63) is 82.9 Å². The van der Waals surface area contributed by atoms with E-state index < -0.39 is 22.0 Å². The number of carbonyl (C=O) groups excluding carboxylic acids is 1. The lowest BCUT2D eigenvalue weighted by Crippen LogP contribution is -2.50. The van der Waals surface area contributed by atoms with Gasteiger partial charge in [0.2, 0.25) is 0 Å². The van der Waals surface area contributed by atoms with Gasteiger partial charge < -0.3 is 14.8 Å². The Hall–Kier alpha value is -3.27. The number of carbonyl (C=O) groups is 1. The van der Waals surface area contributed by atoms with Gasteiger partial charge in [0.1, 0.15) is 11.5 Å². The van der Waals surface area contributed by atoms with Gasteiger partial charge in [0.25, 0.3) is 15.9 Å². The van der Waals surface area contributed by atoms with Crippen LogP contribution in [0.2, 0.25) is 5.02 Å². The van der Waals surface area contributed by atoms with E-state index in [9.17, 15) is 13.2 Å². The summed E-state index contributed by atoms with van der Waals surface area (Å²) >= 11 is 6.18. The normalized spacial score (nSPS) is 17.7. The number of hydrogen-bond donors (Lipinski definition) is 1. The highest BCUT2D eigenvalue weighted by molar-refractivity contribution is 7.92. The van der Waals surface area contributed by atoms with Crippen molar-refractivity contribution in [1.29, 1.82) is 0 Å². The molecule has 2 aliphatic rings. The van der Waals surface area contributed by atoms with Crippen LogP contribution in [0.5, 0.6) is 11.5 Å². The third-order valence-corrected chi connectivity index (χ3v) is 9.10. The fraction of sp³-hybridized carbons (Fsp3) is 0.345. The zero-order valence-corrected chi connectivity index (χ0v) is 23.4. The molecule has 0 spiro atoms. The van der Waals surface area contributed by atoms with Crippen molar-refractivity contribution in [2.45, 2.75) is 43.4 Å². The number of nitrogens with one attached hydrogen (secondary N) is 1. The third-order valence-electron chi connectivity index (χ3n) is 7.07. The first-order valence-electron chi connectivity index (χ1n) is 13.0. The molecule has 2 heterocycles. The molecule has 1 amide bonds. The van der Waals surface area contributed by atoms with E-state index in [1.807, 2.05) is 12.1 Å². The van der Waals surface area contributed by atoms with E-state index in [0.717, 1.165) is 25.2 Å². The average molecular weight is 570 g/mol. The van der Waals surface area contributed by atoms with Crippen molar-refractivity contribution in [1.82, 2.24) is 10.2 Å². The van der Waals surface area contributed by atoms with Crippen LogP contribution in [0.15, 0.2) is 71.6 Å². The van der Waals surface area contributed by atoms with Crippen molar-refractivity contribution < 1.29 is 22.7 Å². The standard InChI is InChI=1S/C29H32ClN3O5S/c1-37-24-10-12-25(13-11-24)39(35,36)33-20-28(38-27-14-9-23(30)17-26(27)33)29(34)31-18-21-5-7-22(8-6-21)19-32-15-3-2-4-16-32/h5-14,17,28H,2-4,15-16,18-20H2,1H3,(H,31,34)/t28-/m1/s1. The van der Waals surface area contributed by atoms with Crippen LogP contribution >= 0.6 is 11.6 Å². The van der Waals surface area contributed by atoms with Gasteiger partial charge in [-0.3, -0.25) is 14.0 Å². The summed E-state index contributed by atoms with van der Waals surface area (Å²) in [4.78, 5) is 15.7. The van der Waals surface area contributed by atoms with Gasteiger partial charge in [-0.2, -0.15) is 0 Å². The number of nitrogens with zero attached hydrogens (tertiary/aromatic N) is 2. The number of amides is 1. The number of hydrogen-bond acceptors (Lipinski definition) is 6. The molecule has 3 aromatic carbocycles. The maximum atomic E-state index is 13.6. The Labute approximate surface area is 234 Å². The second kappa shape index (κ2) is 11.9. The predicted octanol–water partition coefficient (Wildman–Crippen LogP) is 4.61. The predicted molar refractivity (Wildman–Crippen MR) is 151 cm³/mol. The van der Waals surface area contributed by atoms with Crippen LogP contribution in [0.4, 0.5) is 5.69 Å². The molecule has 1 atom stereocenters. The van der Waals surface area contributed by atoms with E-state index >= 15 is 0 Å². The number of halogens is 1. The number of ether oxygens (including phenoxy) is 2. The van der Waals surface area contributed by atoms with Crippen molar-refractivity contribution in [3.63, 3.8) is 0 Å². The third kappa shape index (κ3) is 6.32. The molecular weight excluding hydrogens is 538 g/mol. The van der Waals surface area contributed by atoms with Gasteiger partial charge in [-0.25, -0.2) is 8.42 Å². The van der Waals surface area contributed by atoms with Crippen LogP contribution in [0, 0.1) is 0 Å². The monoisotopic (exact) mass is 569 g/mol. The molecule has 0 aliphatic carbocycles. The summed E-state index contributed by atoms with van der Waals surface area (Å²) in [6.45, 7) is 3.33. The van der Waals surface area contributed by atoms with Gasteiger partial charge in [0.15, 0.2) is 6.10 Å². The number of piperidine rings is 1. The van der Waals surface area contributed by atoms with E-state index in [0.29, 0.717) is 17.3 Å². The first-order valence-corrected chi connectivity index (χ1v) is 14.9. The van der Waals surface area contributed by atoms with Gasteiger partial charge in [-0.15, -0.1) is 0 Å². The fourth-order valence-electron chi connectivity index (χ4n) is 4.90. The molecule has 3 aromatic rings. The van der Waals surface area contributed by atoms with Gasteiger partial charge in [0.05, 0.1) is 24.2 Å². The Morgan fingerprint density at radius 3 is 2.38 bits per heavy atom. The van der Waals surface area contributed by atoms with Crippen LogP contribution in [-0.2, 0) is 27.9 Å². The highest BCUT2D eigenvalue weighted by Crippen LogP contribution is 2.39. The van der Waals surface area contributed by atoms with Crippen molar-refractivity contribution in [2.24, 2.45) is 0 Å². The lowest BCUT2D eigenvalue weighted by molar-refractivity contribution is -0.127. The molecule has 1 saturated heterocycles.